The van der Waals surface area contributed by atoms with Crippen molar-refractivity contribution in [2.45, 2.75) is 44.7 Å². The van der Waals surface area contributed by atoms with Crippen molar-refractivity contribution in [2.24, 2.45) is 0 Å². The van der Waals surface area contributed by atoms with Crippen LogP contribution in [0.25, 0.3) is 0 Å². The zero-order valence-corrected chi connectivity index (χ0v) is 11.6. The van der Waals surface area contributed by atoms with Gasteiger partial charge in [-0.25, -0.2) is 4.79 Å². The molecule has 0 spiro atoms. The molecule has 110 valence electrons. The molecular weight excluding hydrogens is 274 g/mol. The first kappa shape index (κ1) is 17.7. The van der Waals surface area contributed by atoms with E-state index in [1.54, 1.807) is 0 Å². The van der Waals surface area contributed by atoms with E-state index in [0.717, 1.165) is 12.8 Å². The quantitative estimate of drug-likeness (QED) is 0.538. The molecule has 4 N–H and O–H groups in total. The third kappa shape index (κ3) is 7.63. The predicted molar refractivity (Wildman–Crippen MR) is 71.3 cm³/mol. The Balaban J connectivity index is 0.00000324. The fourth-order valence-corrected chi connectivity index (χ4v) is 1.44. The molecular formula is C11H20ClN3O4. The molecule has 0 bridgehead atoms. The third-order valence-electron chi connectivity index (χ3n) is 2.55. The lowest BCUT2D eigenvalue weighted by molar-refractivity contribution is -0.139. The Morgan fingerprint density at radius 2 is 1.95 bits per heavy atom. The summed E-state index contributed by atoms with van der Waals surface area (Å²) in [4.78, 5) is 33.4. The Kier molecular flexibility index (Phi) is 8.09. The SMILES string of the molecule is CCCC(NCC(=O)NC(=O)NC1CC1)C(=O)O.Cl. The lowest BCUT2D eigenvalue weighted by Crippen LogP contribution is -2.47. The number of aliphatic carboxylic acids is 1. The maximum Gasteiger partial charge on any atom is 0.321 e. The summed E-state index contributed by atoms with van der Waals surface area (Å²) >= 11 is 0. The highest BCUT2D eigenvalue weighted by molar-refractivity contribution is 5.95. The number of imide groups is 1. The number of hydrogen-bond donors (Lipinski definition) is 4. The minimum absolute atomic E-state index is 0. The fourth-order valence-electron chi connectivity index (χ4n) is 1.44. The molecule has 0 aromatic rings. The molecule has 0 aromatic carbocycles. The largest absolute Gasteiger partial charge is 0.480 e. The third-order valence-corrected chi connectivity index (χ3v) is 2.55. The highest BCUT2D eigenvalue weighted by atomic mass is 35.5. The second-order valence-electron chi connectivity index (χ2n) is 4.36. The maximum atomic E-state index is 11.4. The number of carboxylic acids is 1. The van der Waals surface area contributed by atoms with Crippen LogP contribution in [0.2, 0.25) is 0 Å². The highest BCUT2D eigenvalue weighted by Crippen LogP contribution is 2.18. The van der Waals surface area contributed by atoms with Crippen LogP contribution in [0.15, 0.2) is 0 Å². The number of urea groups is 1. The second-order valence-corrected chi connectivity index (χ2v) is 4.36. The summed E-state index contributed by atoms with van der Waals surface area (Å²) in [6.07, 6.45) is 3.03. The van der Waals surface area contributed by atoms with E-state index in [-0.39, 0.29) is 25.0 Å². The van der Waals surface area contributed by atoms with Gasteiger partial charge >= 0.3 is 12.0 Å². The van der Waals surface area contributed by atoms with Gasteiger partial charge in [-0.1, -0.05) is 13.3 Å². The predicted octanol–water partition coefficient (Wildman–Crippen LogP) is 0.239. The van der Waals surface area contributed by atoms with Crippen LogP contribution >= 0.6 is 12.4 Å². The van der Waals surface area contributed by atoms with Crippen LogP contribution in [-0.2, 0) is 9.59 Å². The van der Waals surface area contributed by atoms with Crippen molar-refractivity contribution in [3.8, 4) is 0 Å². The van der Waals surface area contributed by atoms with Crippen molar-refractivity contribution < 1.29 is 19.5 Å². The Hall–Kier alpha value is -1.34. The van der Waals surface area contributed by atoms with Crippen molar-refractivity contribution in [3.63, 3.8) is 0 Å². The van der Waals surface area contributed by atoms with E-state index < -0.39 is 23.9 Å². The monoisotopic (exact) mass is 293 g/mol. The summed E-state index contributed by atoms with van der Waals surface area (Å²) in [5.74, 6) is -1.53. The van der Waals surface area contributed by atoms with E-state index in [2.05, 4.69) is 16.0 Å². The van der Waals surface area contributed by atoms with Crippen molar-refractivity contribution >= 4 is 30.3 Å². The minimum Gasteiger partial charge on any atom is -0.480 e. The van der Waals surface area contributed by atoms with Crippen LogP contribution in [0.1, 0.15) is 32.6 Å². The highest BCUT2D eigenvalue weighted by Gasteiger charge is 2.24. The van der Waals surface area contributed by atoms with Gasteiger partial charge in [0.1, 0.15) is 6.04 Å². The molecule has 19 heavy (non-hydrogen) atoms. The van der Waals surface area contributed by atoms with Gasteiger partial charge in [0.25, 0.3) is 0 Å². The van der Waals surface area contributed by atoms with Crippen LogP contribution in [-0.4, -0.2) is 41.6 Å². The second kappa shape index (κ2) is 8.71. The topological polar surface area (TPSA) is 108 Å². The van der Waals surface area contributed by atoms with Gasteiger partial charge in [-0.05, 0) is 19.3 Å². The smallest absolute Gasteiger partial charge is 0.321 e. The lowest BCUT2D eigenvalue weighted by atomic mass is 10.2. The first-order valence-corrected chi connectivity index (χ1v) is 6.09. The number of carbonyl (C=O) groups excluding carboxylic acids is 2. The van der Waals surface area contributed by atoms with Gasteiger partial charge in [-0.2, -0.15) is 0 Å². The van der Waals surface area contributed by atoms with E-state index in [1.807, 2.05) is 6.92 Å². The molecule has 1 unspecified atom stereocenters. The molecule has 1 saturated carbocycles. The van der Waals surface area contributed by atoms with Gasteiger partial charge < -0.3 is 10.4 Å². The zero-order valence-electron chi connectivity index (χ0n) is 10.8. The molecule has 1 aliphatic rings. The Bertz CT molecular complexity index is 334. The molecule has 3 amide bonds. The summed E-state index contributed by atoms with van der Waals surface area (Å²) < 4.78 is 0. The summed E-state index contributed by atoms with van der Waals surface area (Å²) in [5, 5.41) is 16.2. The number of hydrogen-bond acceptors (Lipinski definition) is 4. The van der Waals surface area contributed by atoms with Gasteiger partial charge in [0.05, 0.1) is 6.54 Å². The van der Waals surface area contributed by atoms with E-state index in [1.165, 1.54) is 0 Å². The van der Waals surface area contributed by atoms with E-state index >= 15 is 0 Å². The number of nitrogens with one attached hydrogen (secondary N) is 3. The van der Waals surface area contributed by atoms with Crippen LogP contribution < -0.4 is 16.0 Å². The average molecular weight is 294 g/mol. The van der Waals surface area contributed by atoms with E-state index in [4.69, 9.17) is 5.11 Å². The number of carboxylic acid groups (broad SMARTS) is 1. The van der Waals surface area contributed by atoms with Crippen LogP contribution in [0.3, 0.4) is 0 Å². The van der Waals surface area contributed by atoms with Crippen molar-refractivity contribution in [1.82, 2.24) is 16.0 Å². The molecule has 1 fully saturated rings. The molecule has 0 saturated heterocycles. The molecule has 8 heteroatoms. The number of halogens is 1. The Morgan fingerprint density at radius 1 is 1.32 bits per heavy atom. The molecule has 1 atom stereocenters. The van der Waals surface area contributed by atoms with Gasteiger partial charge in [0, 0.05) is 6.04 Å². The zero-order chi connectivity index (χ0) is 13.5. The van der Waals surface area contributed by atoms with Crippen molar-refractivity contribution in [2.75, 3.05) is 6.54 Å². The fraction of sp³-hybridized carbons (Fsp3) is 0.727. The Morgan fingerprint density at radius 3 is 2.42 bits per heavy atom. The number of amides is 3. The van der Waals surface area contributed by atoms with Gasteiger partial charge in [0.2, 0.25) is 5.91 Å². The minimum atomic E-state index is -0.993. The van der Waals surface area contributed by atoms with Crippen molar-refractivity contribution in [1.29, 1.82) is 0 Å². The molecule has 0 aromatic heterocycles. The van der Waals surface area contributed by atoms with Crippen LogP contribution in [0.5, 0.6) is 0 Å². The average Bonchev–Trinajstić information content (AvgIpc) is 3.07. The summed E-state index contributed by atoms with van der Waals surface area (Å²) in [7, 11) is 0. The first-order valence-electron chi connectivity index (χ1n) is 6.09. The summed E-state index contributed by atoms with van der Waals surface area (Å²) in [5.41, 5.74) is 0. The normalized spacial score (nSPS) is 15.0. The standard InChI is InChI=1S/C11H19N3O4.ClH/c1-2-3-8(10(16)17)12-6-9(15)14-11(18)13-7-4-5-7;/h7-8,12H,2-6H2,1H3,(H,16,17)(H2,13,14,15,18);1H. The van der Waals surface area contributed by atoms with Gasteiger partial charge in [0.15, 0.2) is 0 Å². The number of rotatable bonds is 7. The molecule has 1 rings (SSSR count). The number of carbonyl (C=O) groups is 3. The van der Waals surface area contributed by atoms with Crippen LogP contribution in [0, 0.1) is 0 Å². The van der Waals surface area contributed by atoms with Gasteiger partial charge in [-0.3, -0.25) is 20.2 Å². The maximum absolute atomic E-state index is 11.4. The molecule has 7 nitrogen and oxygen atoms in total. The van der Waals surface area contributed by atoms with Gasteiger partial charge in [-0.15, -0.1) is 12.4 Å². The van der Waals surface area contributed by atoms with E-state index in [0.29, 0.717) is 12.8 Å². The lowest BCUT2D eigenvalue weighted by Gasteiger charge is -2.13. The van der Waals surface area contributed by atoms with Crippen molar-refractivity contribution in [3.05, 3.63) is 0 Å². The van der Waals surface area contributed by atoms with E-state index in [9.17, 15) is 14.4 Å². The summed E-state index contributed by atoms with van der Waals surface area (Å²) in [6.45, 7) is 1.68. The first-order chi connectivity index (χ1) is 8.52. The molecule has 0 aliphatic heterocycles. The Labute approximate surface area is 117 Å². The molecule has 0 heterocycles. The molecule has 1 aliphatic carbocycles. The summed E-state index contributed by atoms with van der Waals surface area (Å²) in [6, 6.07) is -1.10. The van der Waals surface area contributed by atoms with Crippen LogP contribution in [0.4, 0.5) is 4.79 Å². The molecule has 0 radical (unpaired) electrons.